The first-order valence-electron chi connectivity index (χ1n) is 6.05. The standard InChI is InChI=1S/C15H17ClO/c1-3-11-7-8-13(10-12(11)4-2)15(16)14-6-5-9-17-14/h5-10,15H,3-4H2,1-2H3. The zero-order valence-corrected chi connectivity index (χ0v) is 11.0. The van der Waals surface area contributed by atoms with E-state index in [1.807, 2.05) is 12.1 Å². The molecule has 1 heterocycles. The van der Waals surface area contributed by atoms with E-state index >= 15 is 0 Å². The van der Waals surface area contributed by atoms with Crippen molar-refractivity contribution < 1.29 is 4.42 Å². The topological polar surface area (TPSA) is 13.1 Å². The van der Waals surface area contributed by atoms with E-state index in [1.54, 1.807) is 6.26 Å². The molecule has 0 aliphatic carbocycles. The maximum atomic E-state index is 6.40. The van der Waals surface area contributed by atoms with Gasteiger partial charge in [0.1, 0.15) is 11.1 Å². The van der Waals surface area contributed by atoms with Gasteiger partial charge in [-0.25, -0.2) is 0 Å². The Morgan fingerprint density at radius 2 is 1.88 bits per heavy atom. The van der Waals surface area contributed by atoms with Crippen LogP contribution in [0.2, 0.25) is 0 Å². The van der Waals surface area contributed by atoms with E-state index in [1.165, 1.54) is 11.1 Å². The molecule has 0 N–H and O–H groups in total. The minimum atomic E-state index is -0.193. The molecule has 0 spiro atoms. The fourth-order valence-corrected chi connectivity index (χ4v) is 2.34. The second-order valence-electron chi connectivity index (χ2n) is 4.11. The minimum absolute atomic E-state index is 0.193. The Balaban J connectivity index is 2.33. The van der Waals surface area contributed by atoms with Gasteiger partial charge in [-0.05, 0) is 41.7 Å². The van der Waals surface area contributed by atoms with Crippen LogP contribution < -0.4 is 0 Å². The van der Waals surface area contributed by atoms with Crippen LogP contribution in [-0.2, 0) is 12.8 Å². The average molecular weight is 249 g/mol. The van der Waals surface area contributed by atoms with Crippen LogP contribution in [0, 0.1) is 0 Å². The normalized spacial score (nSPS) is 12.6. The van der Waals surface area contributed by atoms with Crippen LogP contribution in [0.5, 0.6) is 0 Å². The third-order valence-electron chi connectivity index (χ3n) is 3.08. The Labute approximate surface area is 107 Å². The summed E-state index contributed by atoms with van der Waals surface area (Å²) in [4.78, 5) is 0. The van der Waals surface area contributed by atoms with Gasteiger partial charge in [0, 0.05) is 0 Å². The molecule has 2 aromatic rings. The molecule has 90 valence electrons. The van der Waals surface area contributed by atoms with Gasteiger partial charge in [0.15, 0.2) is 0 Å². The monoisotopic (exact) mass is 248 g/mol. The summed E-state index contributed by atoms with van der Waals surface area (Å²) in [6.07, 6.45) is 3.77. The van der Waals surface area contributed by atoms with Crippen LogP contribution in [0.3, 0.4) is 0 Å². The van der Waals surface area contributed by atoms with Gasteiger partial charge in [-0.3, -0.25) is 0 Å². The third kappa shape index (κ3) is 2.55. The molecule has 0 aliphatic rings. The first-order chi connectivity index (χ1) is 8.26. The van der Waals surface area contributed by atoms with Crippen molar-refractivity contribution >= 4 is 11.6 Å². The molecule has 17 heavy (non-hydrogen) atoms. The third-order valence-corrected chi connectivity index (χ3v) is 3.54. The highest BCUT2D eigenvalue weighted by atomic mass is 35.5. The van der Waals surface area contributed by atoms with Gasteiger partial charge >= 0.3 is 0 Å². The molecule has 0 amide bonds. The molecule has 2 rings (SSSR count). The van der Waals surface area contributed by atoms with Gasteiger partial charge in [0.2, 0.25) is 0 Å². The summed E-state index contributed by atoms with van der Waals surface area (Å²) in [6, 6.07) is 10.2. The molecule has 1 atom stereocenters. The number of hydrogen-bond acceptors (Lipinski definition) is 1. The molecule has 0 saturated carbocycles. The number of rotatable bonds is 4. The number of aryl methyl sites for hydroxylation is 2. The SMILES string of the molecule is CCc1ccc(C(Cl)c2ccco2)cc1CC. The first kappa shape index (κ1) is 12.3. The highest BCUT2D eigenvalue weighted by molar-refractivity contribution is 6.22. The van der Waals surface area contributed by atoms with Crippen molar-refractivity contribution in [2.24, 2.45) is 0 Å². The number of alkyl halides is 1. The van der Waals surface area contributed by atoms with Gasteiger partial charge in [-0.2, -0.15) is 0 Å². The fourth-order valence-electron chi connectivity index (χ4n) is 2.08. The largest absolute Gasteiger partial charge is 0.467 e. The van der Waals surface area contributed by atoms with Crippen molar-refractivity contribution in [3.63, 3.8) is 0 Å². The van der Waals surface area contributed by atoms with E-state index in [-0.39, 0.29) is 5.38 Å². The Morgan fingerprint density at radius 1 is 1.12 bits per heavy atom. The maximum absolute atomic E-state index is 6.40. The molecule has 1 unspecified atom stereocenters. The second-order valence-corrected chi connectivity index (χ2v) is 4.55. The molecule has 1 aromatic carbocycles. The average Bonchev–Trinajstić information content (AvgIpc) is 2.90. The molecule has 0 radical (unpaired) electrons. The fraction of sp³-hybridized carbons (Fsp3) is 0.333. The molecule has 0 bridgehead atoms. The highest BCUT2D eigenvalue weighted by Crippen LogP contribution is 2.30. The molecule has 1 aromatic heterocycles. The Bertz CT molecular complexity index is 474. The molecule has 0 saturated heterocycles. The zero-order chi connectivity index (χ0) is 12.3. The van der Waals surface area contributed by atoms with Gasteiger partial charge in [0.05, 0.1) is 6.26 Å². The van der Waals surface area contributed by atoms with Crippen molar-refractivity contribution in [1.82, 2.24) is 0 Å². The van der Waals surface area contributed by atoms with Gasteiger partial charge in [-0.15, -0.1) is 11.6 Å². The van der Waals surface area contributed by atoms with Gasteiger partial charge in [0.25, 0.3) is 0 Å². The Morgan fingerprint density at radius 3 is 2.47 bits per heavy atom. The Hall–Kier alpha value is -1.21. The molecular weight excluding hydrogens is 232 g/mol. The van der Waals surface area contributed by atoms with Gasteiger partial charge < -0.3 is 4.42 Å². The first-order valence-corrected chi connectivity index (χ1v) is 6.49. The van der Waals surface area contributed by atoms with Crippen LogP contribution in [0.1, 0.15) is 41.7 Å². The number of hydrogen-bond donors (Lipinski definition) is 0. The van der Waals surface area contributed by atoms with Crippen molar-refractivity contribution in [3.8, 4) is 0 Å². The minimum Gasteiger partial charge on any atom is -0.467 e. The molecular formula is C15H17ClO. The lowest BCUT2D eigenvalue weighted by Crippen LogP contribution is -1.97. The molecule has 2 heteroatoms. The Kier molecular flexibility index (Phi) is 3.90. The van der Waals surface area contributed by atoms with E-state index in [2.05, 4.69) is 32.0 Å². The number of halogens is 1. The lowest BCUT2D eigenvalue weighted by atomic mass is 9.98. The summed E-state index contributed by atoms with van der Waals surface area (Å²) in [7, 11) is 0. The van der Waals surface area contributed by atoms with Crippen LogP contribution in [0.25, 0.3) is 0 Å². The summed E-state index contributed by atoms with van der Waals surface area (Å²) in [5.41, 5.74) is 3.89. The van der Waals surface area contributed by atoms with Crippen molar-refractivity contribution in [1.29, 1.82) is 0 Å². The second kappa shape index (κ2) is 5.42. The summed E-state index contributed by atoms with van der Waals surface area (Å²) >= 11 is 6.40. The number of furan rings is 1. The number of benzene rings is 1. The summed E-state index contributed by atoms with van der Waals surface area (Å²) in [5, 5.41) is -0.193. The van der Waals surface area contributed by atoms with Crippen LogP contribution in [0.4, 0.5) is 0 Å². The molecule has 0 fully saturated rings. The van der Waals surface area contributed by atoms with Crippen LogP contribution >= 0.6 is 11.6 Å². The molecule has 0 aliphatic heterocycles. The zero-order valence-electron chi connectivity index (χ0n) is 10.2. The lowest BCUT2D eigenvalue weighted by molar-refractivity contribution is 0.516. The van der Waals surface area contributed by atoms with Crippen LogP contribution in [-0.4, -0.2) is 0 Å². The molecule has 1 nitrogen and oxygen atoms in total. The predicted octanol–water partition coefficient (Wildman–Crippen LogP) is 4.73. The van der Waals surface area contributed by atoms with E-state index in [0.717, 1.165) is 24.2 Å². The van der Waals surface area contributed by atoms with E-state index in [4.69, 9.17) is 16.0 Å². The quantitative estimate of drug-likeness (QED) is 0.713. The van der Waals surface area contributed by atoms with Crippen molar-refractivity contribution in [2.45, 2.75) is 32.1 Å². The summed E-state index contributed by atoms with van der Waals surface area (Å²) in [5.74, 6) is 0.804. The van der Waals surface area contributed by atoms with Gasteiger partial charge in [-0.1, -0.05) is 32.0 Å². The summed E-state index contributed by atoms with van der Waals surface area (Å²) in [6.45, 7) is 4.35. The maximum Gasteiger partial charge on any atom is 0.126 e. The van der Waals surface area contributed by atoms with E-state index in [9.17, 15) is 0 Å². The van der Waals surface area contributed by atoms with Crippen LogP contribution in [0.15, 0.2) is 41.0 Å². The van der Waals surface area contributed by atoms with E-state index in [0.29, 0.717) is 0 Å². The van der Waals surface area contributed by atoms with E-state index < -0.39 is 0 Å². The lowest BCUT2D eigenvalue weighted by Gasteiger charge is -2.11. The summed E-state index contributed by atoms with van der Waals surface area (Å²) < 4.78 is 5.35. The predicted molar refractivity (Wildman–Crippen MR) is 71.6 cm³/mol. The smallest absolute Gasteiger partial charge is 0.126 e. The van der Waals surface area contributed by atoms with Crippen molar-refractivity contribution in [2.75, 3.05) is 0 Å². The van der Waals surface area contributed by atoms with Crippen molar-refractivity contribution in [3.05, 3.63) is 59.0 Å². The highest BCUT2D eigenvalue weighted by Gasteiger charge is 2.14.